The number of piperazine rings is 1. The molecular weight excluding hydrogens is 364 g/mol. The molecule has 0 amide bonds. The highest BCUT2D eigenvalue weighted by Gasteiger charge is 2.21. The van der Waals surface area contributed by atoms with Gasteiger partial charge in [-0.05, 0) is 32.9 Å². The van der Waals surface area contributed by atoms with Crippen molar-refractivity contribution in [1.82, 2.24) is 29.7 Å². The molecule has 0 unspecified atom stereocenters. The van der Waals surface area contributed by atoms with Gasteiger partial charge in [-0.25, -0.2) is 24.6 Å². The van der Waals surface area contributed by atoms with Gasteiger partial charge < -0.3 is 9.80 Å². The quantitative estimate of drug-likeness (QED) is 0.676. The van der Waals surface area contributed by atoms with E-state index in [1.54, 1.807) is 0 Å². The zero-order chi connectivity index (χ0) is 20.5. The summed E-state index contributed by atoms with van der Waals surface area (Å²) in [6, 6.07) is 6.09. The number of anilines is 2. The molecule has 0 bridgehead atoms. The van der Waals surface area contributed by atoms with Gasteiger partial charge in [-0.2, -0.15) is 5.10 Å². The molecule has 1 saturated heterocycles. The molecule has 1 fully saturated rings. The van der Waals surface area contributed by atoms with Gasteiger partial charge in [-0.1, -0.05) is 13.8 Å². The van der Waals surface area contributed by atoms with E-state index in [9.17, 15) is 0 Å². The number of aromatic nitrogens is 6. The summed E-state index contributed by atoms with van der Waals surface area (Å²) >= 11 is 0. The summed E-state index contributed by atoms with van der Waals surface area (Å²) in [5, 5.41) is 4.57. The zero-order valence-corrected chi connectivity index (χ0v) is 17.8. The Balaban J connectivity index is 1.52. The van der Waals surface area contributed by atoms with Crippen LogP contribution in [0.2, 0.25) is 0 Å². The Kier molecular flexibility index (Phi) is 5.17. The van der Waals surface area contributed by atoms with E-state index in [-0.39, 0.29) is 0 Å². The second kappa shape index (κ2) is 7.77. The van der Waals surface area contributed by atoms with Gasteiger partial charge in [0.05, 0.1) is 5.69 Å². The SMILES string of the molecule is Cc1cc(C)n(-c2cc(N3CCN(c4ccnc(C(C)C)n4)CC3)nc(C)n2)n1. The average molecular weight is 393 g/mol. The predicted octanol–water partition coefficient (Wildman–Crippen LogP) is 2.83. The second-order valence-corrected chi connectivity index (χ2v) is 7.87. The molecule has 3 aromatic rings. The first kappa shape index (κ1) is 19.3. The summed E-state index contributed by atoms with van der Waals surface area (Å²) in [6.07, 6.45) is 1.86. The van der Waals surface area contributed by atoms with E-state index in [0.29, 0.717) is 5.92 Å². The van der Waals surface area contributed by atoms with Crippen LogP contribution >= 0.6 is 0 Å². The first-order chi connectivity index (χ1) is 13.9. The van der Waals surface area contributed by atoms with Gasteiger partial charge in [0.25, 0.3) is 0 Å². The number of rotatable bonds is 4. The van der Waals surface area contributed by atoms with Crippen molar-refractivity contribution in [2.24, 2.45) is 0 Å². The number of hydrogen-bond donors (Lipinski definition) is 0. The lowest BCUT2D eigenvalue weighted by molar-refractivity contribution is 0.634. The van der Waals surface area contributed by atoms with Gasteiger partial charge in [0.1, 0.15) is 23.3 Å². The van der Waals surface area contributed by atoms with Crippen LogP contribution in [0.15, 0.2) is 24.4 Å². The van der Waals surface area contributed by atoms with Crippen LogP contribution in [0, 0.1) is 20.8 Å². The van der Waals surface area contributed by atoms with Gasteiger partial charge in [0.15, 0.2) is 5.82 Å². The van der Waals surface area contributed by atoms with Gasteiger partial charge >= 0.3 is 0 Å². The van der Waals surface area contributed by atoms with E-state index < -0.39 is 0 Å². The predicted molar refractivity (Wildman–Crippen MR) is 114 cm³/mol. The lowest BCUT2D eigenvalue weighted by Gasteiger charge is -2.36. The highest BCUT2D eigenvalue weighted by atomic mass is 15.3. The monoisotopic (exact) mass is 392 g/mol. The van der Waals surface area contributed by atoms with Crippen molar-refractivity contribution in [3.63, 3.8) is 0 Å². The van der Waals surface area contributed by atoms with Crippen LogP contribution in [0.1, 0.15) is 42.8 Å². The van der Waals surface area contributed by atoms with E-state index in [4.69, 9.17) is 4.98 Å². The highest BCUT2D eigenvalue weighted by molar-refractivity contribution is 5.48. The van der Waals surface area contributed by atoms with Crippen molar-refractivity contribution in [3.8, 4) is 5.82 Å². The molecule has 8 nitrogen and oxygen atoms in total. The summed E-state index contributed by atoms with van der Waals surface area (Å²) in [4.78, 5) is 23.0. The van der Waals surface area contributed by atoms with E-state index >= 15 is 0 Å². The second-order valence-electron chi connectivity index (χ2n) is 7.87. The molecule has 0 atom stereocenters. The average Bonchev–Trinajstić information content (AvgIpc) is 3.06. The van der Waals surface area contributed by atoms with Crippen molar-refractivity contribution in [2.45, 2.75) is 40.5 Å². The first-order valence-electron chi connectivity index (χ1n) is 10.1. The number of hydrogen-bond acceptors (Lipinski definition) is 7. The fourth-order valence-electron chi connectivity index (χ4n) is 3.65. The molecule has 3 aromatic heterocycles. The maximum atomic E-state index is 4.73. The Morgan fingerprint density at radius 3 is 2.10 bits per heavy atom. The first-order valence-corrected chi connectivity index (χ1v) is 10.1. The van der Waals surface area contributed by atoms with Crippen molar-refractivity contribution in [2.75, 3.05) is 36.0 Å². The summed E-state index contributed by atoms with van der Waals surface area (Å²) in [5.41, 5.74) is 2.06. The van der Waals surface area contributed by atoms with Crippen molar-refractivity contribution >= 4 is 11.6 Å². The molecule has 0 N–H and O–H groups in total. The topological polar surface area (TPSA) is 75.9 Å². The Bertz CT molecular complexity index is 1000. The van der Waals surface area contributed by atoms with Gasteiger partial charge in [0, 0.05) is 50.1 Å². The van der Waals surface area contributed by atoms with Crippen molar-refractivity contribution in [3.05, 3.63) is 47.4 Å². The van der Waals surface area contributed by atoms with Crippen LogP contribution in [0.5, 0.6) is 0 Å². The molecule has 4 rings (SSSR count). The van der Waals surface area contributed by atoms with Gasteiger partial charge in [0.2, 0.25) is 0 Å². The fraction of sp³-hybridized carbons (Fsp3) is 0.476. The molecule has 152 valence electrons. The van der Waals surface area contributed by atoms with E-state index in [1.807, 2.05) is 43.8 Å². The standard InChI is InChI=1S/C21H28N8/c1-14(2)21-22-7-6-18(25-21)27-8-10-28(11-9-27)19-13-20(24-17(5)23-19)29-16(4)12-15(3)26-29/h6-7,12-14H,8-11H2,1-5H3. The Labute approximate surface area is 171 Å². The van der Waals surface area contributed by atoms with Crippen LogP contribution in [-0.2, 0) is 0 Å². The normalized spacial score (nSPS) is 14.7. The van der Waals surface area contributed by atoms with Crippen LogP contribution in [0.3, 0.4) is 0 Å². The molecule has 1 aliphatic heterocycles. The summed E-state index contributed by atoms with van der Waals surface area (Å²) in [5.74, 6) is 4.75. The molecule has 1 aliphatic rings. The molecule has 8 heteroatoms. The number of aryl methyl sites for hydroxylation is 3. The lowest BCUT2D eigenvalue weighted by atomic mass is 10.2. The van der Waals surface area contributed by atoms with E-state index in [0.717, 1.165) is 66.7 Å². The highest BCUT2D eigenvalue weighted by Crippen LogP contribution is 2.21. The summed E-state index contributed by atoms with van der Waals surface area (Å²) in [7, 11) is 0. The minimum Gasteiger partial charge on any atom is -0.353 e. The maximum absolute atomic E-state index is 4.73. The third-order valence-electron chi connectivity index (χ3n) is 5.14. The largest absolute Gasteiger partial charge is 0.353 e. The van der Waals surface area contributed by atoms with E-state index in [1.165, 1.54) is 0 Å². The van der Waals surface area contributed by atoms with E-state index in [2.05, 4.69) is 49.8 Å². The lowest BCUT2D eigenvalue weighted by Crippen LogP contribution is -2.47. The summed E-state index contributed by atoms with van der Waals surface area (Å²) in [6.45, 7) is 13.8. The Morgan fingerprint density at radius 1 is 0.828 bits per heavy atom. The molecule has 0 saturated carbocycles. The third kappa shape index (κ3) is 4.06. The van der Waals surface area contributed by atoms with Crippen molar-refractivity contribution < 1.29 is 0 Å². The Morgan fingerprint density at radius 2 is 1.48 bits per heavy atom. The molecule has 4 heterocycles. The van der Waals surface area contributed by atoms with Gasteiger partial charge in [-0.3, -0.25) is 0 Å². The smallest absolute Gasteiger partial charge is 0.159 e. The molecular formula is C21H28N8. The van der Waals surface area contributed by atoms with Crippen LogP contribution in [-0.4, -0.2) is 55.9 Å². The number of nitrogens with zero attached hydrogens (tertiary/aromatic N) is 8. The molecule has 29 heavy (non-hydrogen) atoms. The van der Waals surface area contributed by atoms with Gasteiger partial charge in [-0.15, -0.1) is 0 Å². The molecule has 0 spiro atoms. The third-order valence-corrected chi connectivity index (χ3v) is 5.14. The maximum Gasteiger partial charge on any atom is 0.159 e. The Hall–Kier alpha value is -3.03. The minimum absolute atomic E-state index is 0.327. The van der Waals surface area contributed by atoms with Crippen LogP contribution in [0.4, 0.5) is 11.6 Å². The molecule has 0 radical (unpaired) electrons. The summed E-state index contributed by atoms with van der Waals surface area (Å²) < 4.78 is 1.89. The zero-order valence-electron chi connectivity index (χ0n) is 17.8. The van der Waals surface area contributed by atoms with Crippen molar-refractivity contribution in [1.29, 1.82) is 0 Å². The van der Waals surface area contributed by atoms with Crippen LogP contribution < -0.4 is 9.80 Å². The fourth-order valence-corrected chi connectivity index (χ4v) is 3.65. The molecule has 0 aliphatic carbocycles. The molecule has 0 aromatic carbocycles. The minimum atomic E-state index is 0.327. The van der Waals surface area contributed by atoms with Crippen LogP contribution in [0.25, 0.3) is 5.82 Å².